The molecule has 1 aromatic carbocycles. The first-order chi connectivity index (χ1) is 12.0. The number of allylic oxidation sites excluding steroid dienone is 2. The van der Waals surface area contributed by atoms with E-state index in [0.717, 1.165) is 5.56 Å². The van der Waals surface area contributed by atoms with Gasteiger partial charge in [0.15, 0.2) is 0 Å². The number of cyclic esters (lactones) is 1. The van der Waals surface area contributed by atoms with Crippen LogP contribution in [-0.2, 0) is 19.1 Å². The molecule has 0 bridgehead atoms. The number of ether oxygens (including phenoxy) is 1. The highest BCUT2D eigenvalue weighted by atomic mass is 16.5. The smallest absolute Gasteiger partial charge is 0.306 e. The van der Waals surface area contributed by atoms with Gasteiger partial charge < -0.3 is 15.2 Å². The number of esters is 1. The van der Waals surface area contributed by atoms with Crippen molar-refractivity contribution in [2.24, 2.45) is 5.92 Å². The quantitative estimate of drug-likeness (QED) is 0.649. The Morgan fingerprint density at radius 2 is 1.96 bits per heavy atom. The van der Waals surface area contributed by atoms with Crippen LogP contribution in [0.25, 0.3) is 0 Å². The second kappa shape index (κ2) is 9.01. The van der Waals surface area contributed by atoms with E-state index >= 15 is 0 Å². The van der Waals surface area contributed by atoms with Gasteiger partial charge >= 0.3 is 11.9 Å². The minimum absolute atomic E-state index is 0.237. The van der Waals surface area contributed by atoms with Crippen molar-refractivity contribution < 1.29 is 24.2 Å². The lowest BCUT2D eigenvalue weighted by molar-refractivity contribution is -0.152. The Hall–Kier alpha value is -2.63. The number of hydrogen-bond acceptors (Lipinski definition) is 4. The van der Waals surface area contributed by atoms with Crippen molar-refractivity contribution in [1.82, 2.24) is 5.32 Å². The van der Waals surface area contributed by atoms with Gasteiger partial charge in [0.2, 0.25) is 5.91 Å². The van der Waals surface area contributed by atoms with Gasteiger partial charge in [0, 0.05) is 6.42 Å². The summed E-state index contributed by atoms with van der Waals surface area (Å²) >= 11 is 0. The largest absolute Gasteiger partial charge is 0.481 e. The molecular weight excluding hydrogens is 322 g/mol. The molecule has 1 aromatic rings. The highest BCUT2D eigenvalue weighted by Gasteiger charge is 2.28. The summed E-state index contributed by atoms with van der Waals surface area (Å²) in [4.78, 5) is 35.6. The predicted octanol–water partition coefficient (Wildman–Crippen LogP) is 2.61. The number of carboxylic acids is 1. The van der Waals surface area contributed by atoms with Gasteiger partial charge in [-0.1, -0.05) is 42.5 Å². The first-order valence-corrected chi connectivity index (χ1v) is 8.39. The molecule has 0 fully saturated rings. The molecule has 2 N–H and O–H groups in total. The molecule has 1 aliphatic rings. The Bertz CT molecular complexity index is 640. The molecule has 0 spiro atoms. The van der Waals surface area contributed by atoms with Gasteiger partial charge in [0.25, 0.3) is 0 Å². The number of carboxylic acid groups (broad SMARTS) is 1. The third kappa shape index (κ3) is 5.74. The molecule has 0 unspecified atom stereocenters. The molecule has 1 amide bonds. The van der Waals surface area contributed by atoms with Crippen LogP contribution >= 0.6 is 0 Å². The normalized spacial score (nSPS) is 26.5. The molecule has 25 heavy (non-hydrogen) atoms. The molecule has 6 nitrogen and oxygen atoms in total. The average Bonchev–Trinajstić information content (AvgIpc) is 2.57. The minimum atomic E-state index is -1.01. The summed E-state index contributed by atoms with van der Waals surface area (Å²) in [5.41, 5.74) is 0.783. The number of carbonyl (C=O) groups is 3. The van der Waals surface area contributed by atoms with E-state index in [-0.39, 0.29) is 24.7 Å². The van der Waals surface area contributed by atoms with Crippen molar-refractivity contribution in [3.63, 3.8) is 0 Å². The third-order valence-electron chi connectivity index (χ3n) is 4.10. The average molecular weight is 345 g/mol. The van der Waals surface area contributed by atoms with E-state index in [1.54, 1.807) is 19.1 Å². The maximum atomic E-state index is 12.5. The number of rotatable bonds is 3. The Balaban J connectivity index is 2.25. The summed E-state index contributed by atoms with van der Waals surface area (Å²) in [5.74, 6) is -2.35. The van der Waals surface area contributed by atoms with E-state index in [0.29, 0.717) is 12.8 Å². The lowest BCUT2D eigenvalue weighted by atomic mass is 9.97. The number of benzene rings is 1. The van der Waals surface area contributed by atoms with Crippen molar-refractivity contribution in [2.75, 3.05) is 0 Å². The van der Waals surface area contributed by atoms with Crippen LogP contribution in [0.4, 0.5) is 0 Å². The van der Waals surface area contributed by atoms with Crippen LogP contribution in [0.1, 0.15) is 44.3 Å². The SMILES string of the molecule is C[C@@H]1NC(=O)[C@H](CC(=O)O)C/C=C/CCC(=O)O[C@@H]1c1ccccc1. The van der Waals surface area contributed by atoms with Crippen LogP contribution in [0.2, 0.25) is 0 Å². The molecular formula is C19H23NO5. The van der Waals surface area contributed by atoms with Crippen LogP contribution in [0.5, 0.6) is 0 Å². The van der Waals surface area contributed by atoms with Crippen molar-refractivity contribution in [2.45, 2.75) is 44.8 Å². The van der Waals surface area contributed by atoms with Crippen LogP contribution in [0, 0.1) is 5.92 Å². The lowest BCUT2D eigenvalue weighted by Crippen LogP contribution is -2.42. The molecule has 134 valence electrons. The molecule has 0 aromatic heterocycles. The monoisotopic (exact) mass is 345 g/mol. The second-order valence-electron chi connectivity index (χ2n) is 6.16. The fourth-order valence-corrected chi connectivity index (χ4v) is 2.79. The van der Waals surface area contributed by atoms with Crippen LogP contribution < -0.4 is 5.32 Å². The first kappa shape index (κ1) is 18.7. The first-order valence-electron chi connectivity index (χ1n) is 8.39. The fourth-order valence-electron chi connectivity index (χ4n) is 2.79. The zero-order valence-electron chi connectivity index (χ0n) is 14.2. The van der Waals surface area contributed by atoms with Gasteiger partial charge in [-0.25, -0.2) is 0 Å². The predicted molar refractivity (Wildman–Crippen MR) is 91.6 cm³/mol. The molecule has 0 aliphatic carbocycles. The van der Waals surface area contributed by atoms with Crippen LogP contribution in [0.3, 0.4) is 0 Å². The molecule has 1 heterocycles. The molecule has 1 aliphatic heterocycles. The zero-order chi connectivity index (χ0) is 18.2. The van der Waals surface area contributed by atoms with Gasteiger partial charge in [-0.3, -0.25) is 14.4 Å². The molecule has 0 saturated heterocycles. The van der Waals surface area contributed by atoms with Gasteiger partial charge in [-0.05, 0) is 25.3 Å². The second-order valence-corrected chi connectivity index (χ2v) is 6.16. The minimum Gasteiger partial charge on any atom is -0.481 e. The summed E-state index contributed by atoms with van der Waals surface area (Å²) in [6.45, 7) is 1.75. The van der Waals surface area contributed by atoms with Crippen LogP contribution in [0.15, 0.2) is 42.5 Å². The molecule has 6 heteroatoms. The molecule has 3 atom stereocenters. The summed E-state index contributed by atoms with van der Waals surface area (Å²) < 4.78 is 5.58. The van der Waals surface area contributed by atoms with Crippen molar-refractivity contribution >= 4 is 17.8 Å². The summed E-state index contributed by atoms with van der Waals surface area (Å²) in [6, 6.07) is 8.73. The van der Waals surface area contributed by atoms with E-state index < -0.39 is 24.0 Å². The number of amides is 1. The van der Waals surface area contributed by atoms with E-state index in [1.165, 1.54) is 0 Å². The highest BCUT2D eigenvalue weighted by molar-refractivity contribution is 5.83. The Morgan fingerprint density at radius 3 is 2.64 bits per heavy atom. The van der Waals surface area contributed by atoms with Gasteiger partial charge in [0.05, 0.1) is 18.4 Å². The maximum Gasteiger partial charge on any atom is 0.306 e. The number of carbonyl (C=O) groups excluding carboxylic acids is 2. The lowest BCUT2D eigenvalue weighted by Gasteiger charge is -2.27. The van der Waals surface area contributed by atoms with Gasteiger partial charge in [-0.15, -0.1) is 0 Å². The Morgan fingerprint density at radius 1 is 1.24 bits per heavy atom. The molecule has 2 rings (SSSR count). The zero-order valence-corrected chi connectivity index (χ0v) is 14.2. The van der Waals surface area contributed by atoms with E-state index in [9.17, 15) is 14.4 Å². The maximum absolute atomic E-state index is 12.5. The van der Waals surface area contributed by atoms with Crippen molar-refractivity contribution in [3.8, 4) is 0 Å². The summed E-state index contributed by atoms with van der Waals surface area (Å²) in [7, 11) is 0. The summed E-state index contributed by atoms with van der Waals surface area (Å²) in [5, 5.41) is 11.8. The van der Waals surface area contributed by atoms with Gasteiger partial charge in [-0.2, -0.15) is 0 Å². The van der Waals surface area contributed by atoms with Gasteiger partial charge in [0.1, 0.15) is 6.10 Å². The van der Waals surface area contributed by atoms with E-state index in [1.807, 2.05) is 30.3 Å². The van der Waals surface area contributed by atoms with E-state index in [2.05, 4.69) is 5.32 Å². The van der Waals surface area contributed by atoms with E-state index in [4.69, 9.17) is 9.84 Å². The highest BCUT2D eigenvalue weighted by Crippen LogP contribution is 2.24. The number of nitrogens with one attached hydrogen (secondary N) is 1. The Kier molecular flexibility index (Phi) is 6.74. The standard InChI is InChI=1S/C19H23NO5/c1-13-18(14-8-4-2-5-9-14)25-17(23)11-7-3-6-10-15(12-16(21)22)19(24)20-13/h2-6,8-9,13,15,18H,7,10-12H2,1H3,(H,20,24)(H,21,22)/b6-3+/t13-,15-,18-/m0/s1. The fraction of sp³-hybridized carbons (Fsp3) is 0.421. The molecule has 0 saturated carbocycles. The molecule has 0 radical (unpaired) electrons. The van der Waals surface area contributed by atoms with Crippen LogP contribution in [-0.4, -0.2) is 29.0 Å². The number of hydrogen-bond donors (Lipinski definition) is 2. The van der Waals surface area contributed by atoms with Crippen molar-refractivity contribution in [1.29, 1.82) is 0 Å². The summed E-state index contributed by atoms with van der Waals surface area (Å²) in [6.07, 6.45) is 3.74. The topological polar surface area (TPSA) is 92.7 Å². The number of aliphatic carboxylic acids is 1. The Labute approximate surface area is 146 Å². The van der Waals surface area contributed by atoms with Crippen molar-refractivity contribution in [3.05, 3.63) is 48.0 Å². The third-order valence-corrected chi connectivity index (χ3v) is 4.10.